The summed E-state index contributed by atoms with van der Waals surface area (Å²) in [5.74, 6) is 1.32. The van der Waals surface area contributed by atoms with Crippen LogP contribution in [0.2, 0.25) is 0 Å². The van der Waals surface area contributed by atoms with Crippen molar-refractivity contribution >= 4 is 34.1 Å². The second kappa shape index (κ2) is 9.76. The molecule has 1 amide bonds. The van der Waals surface area contributed by atoms with E-state index in [0.717, 1.165) is 21.2 Å². The predicted octanol–water partition coefficient (Wildman–Crippen LogP) is 4.82. The lowest BCUT2D eigenvalue weighted by molar-refractivity contribution is 0.102. The first-order chi connectivity index (χ1) is 15.2. The highest BCUT2D eigenvalue weighted by molar-refractivity contribution is 8.01. The van der Waals surface area contributed by atoms with Crippen LogP contribution in [0.1, 0.15) is 22.8 Å². The van der Waals surface area contributed by atoms with Crippen LogP contribution in [0, 0.1) is 0 Å². The molecule has 0 saturated heterocycles. The Kier molecular flexibility index (Phi) is 6.63. The van der Waals surface area contributed by atoms with Gasteiger partial charge in [-0.3, -0.25) is 14.8 Å². The number of anilines is 1. The average molecular weight is 452 g/mol. The van der Waals surface area contributed by atoms with Gasteiger partial charge in [-0.2, -0.15) is 5.10 Å². The summed E-state index contributed by atoms with van der Waals surface area (Å²) in [7, 11) is 1.61. The maximum atomic E-state index is 13.1. The van der Waals surface area contributed by atoms with Gasteiger partial charge in [0.15, 0.2) is 4.34 Å². The third kappa shape index (κ3) is 5.12. The molecule has 0 aliphatic heterocycles. The van der Waals surface area contributed by atoms with E-state index in [-0.39, 0.29) is 5.91 Å². The number of hydrogen-bond donors (Lipinski definition) is 1. The molecule has 2 heterocycles. The standard InChI is InChI=1S/C22H21N5O2S2/c1-3-30-22-25-24-21(31-22)23-20(28)18-14-27(13-15-8-5-4-6-9-15)26-19(18)16-10-7-11-17(12-16)29-2/h4-12,14H,3,13H2,1-2H3,(H,23,24,28). The van der Waals surface area contributed by atoms with E-state index in [1.54, 1.807) is 29.8 Å². The van der Waals surface area contributed by atoms with Gasteiger partial charge >= 0.3 is 0 Å². The van der Waals surface area contributed by atoms with E-state index >= 15 is 0 Å². The fourth-order valence-corrected chi connectivity index (χ4v) is 4.67. The van der Waals surface area contributed by atoms with Gasteiger partial charge in [0.2, 0.25) is 5.13 Å². The van der Waals surface area contributed by atoms with Gasteiger partial charge in [0.05, 0.1) is 19.2 Å². The maximum absolute atomic E-state index is 13.1. The van der Waals surface area contributed by atoms with Crippen molar-refractivity contribution in [1.82, 2.24) is 20.0 Å². The summed E-state index contributed by atoms with van der Waals surface area (Å²) in [5, 5.41) is 16.2. The van der Waals surface area contributed by atoms with E-state index in [1.807, 2.05) is 61.5 Å². The van der Waals surface area contributed by atoms with E-state index in [2.05, 4.69) is 15.5 Å². The molecule has 0 fully saturated rings. The third-order valence-corrected chi connectivity index (χ3v) is 6.29. The lowest BCUT2D eigenvalue weighted by Gasteiger charge is -2.05. The molecule has 0 radical (unpaired) electrons. The molecular formula is C22H21N5O2S2. The Balaban J connectivity index is 1.67. The Morgan fingerprint density at radius 1 is 1.16 bits per heavy atom. The fraction of sp³-hybridized carbons (Fsp3) is 0.182. The Labute approximate surface area is 188 Å². The average Bonchev–Trinajstić information content (AvgIpc) is 3.42. The first-order valence-electron chi connectivity index (χ1n) is 9.69. The van der Waals surface area contributed by atoms with Crippen LogP contribution in [0.15, 0.2) is 65.1 Å². The zero-order valence-electron chi connectivity index (χ0n) is 17.1. The van der Waals surface area contributed by atoms with E-state index in [9.17, 15) is 4.79 Å². The van der Waals surface area contributed by atoms with Crippen LogP contribution in [-0.4, -0.2) is 38.7 Å². The number of aromatic nitrogens is 4. The van der Waals surface area contributed by atoms with Crippen molar-refractivity contribution < 1.29 is 9.53 Å². The summed E-state index contributed by atoms with van der Waals surface area (Å²) in [4.78, 5) is 13.1. The number of carbonyl (C=O) groups excluding carboxylic acids is 1. The molecule has 9 heteroatoms. The van der Waals surface area contributed by atoms with Crippen molar-refractivity contribution in [3.05, 3.63) is 71.9 Å². The molecule has 0 unspecified atom stereocenters. The molecule has 0 aliphatic rings. The minimum atomic E-state index is -0.277. The van der Waals surface area contributed by atoms with Crippen LogP contribution in [0.3, 0.4) is 0 Å². The van der Waals surface area contributed by atoms with Gasteiger partial charge in [-0.15, -0.1) is 10.2 Å². The number of nitrogens with one attached hydrogen (secondary N) is 1. The normalized spacial score (nSPS) is 10.8. The number of thioether (sulfide) groups is 1. The molecule has 158 valence electrons. The summed E-state index contributed by atoms with van der Waals surface area (Å²) in [5.41, 5.74) is 2.94. The molecule has 4 aromatic rings. The molecule has 31 heavy (non-hydrogen) atoms. The predicted molar refractivity (Wildman–Crippen MR) is 124 cm³/mol. The number of ether oxygens (including phenoxy) is 1. The minimum absolute atomic E-state index is 0.277. The molecule has 2 aromatic carbocycles. The second-order valence-corrected chi connectivity index (χ2v) is 9.06. The summed E-state index contributed by atoms with van der Waals surface area (Å²) in [6.07, 6.45) is 1.76. The molecule has 0 spiro atoms. The van der Waals surface area contributed by atoms with Crippen LogP contribution in [0.4, 0.5) is 5.13 Å². The number of carbonyl (C=O) groups is 1. The number of rotatable bonds is 8. The summed E-state index contributed by atoms with van der Waals surface area (Å²) in [6.45, 7) is 2.60. The zero-order valence-corrected chi connectivity index (χ0v) is 18.7. The monoisotopic (exact) mass is 451 g/mol. The van der Waals surface area contributed by atoms with Gasteiger partial charge < -0.3 is 4.74 Å². The van der Waals surface area contributed by atoms with Crippen molar-refractivity contribution in [2.24, 2.45) is 0 Å². The van der Waals surface area contributed by atoms with Gasteiger partial charge in [0.25, 0.3) is 5.91 Å². The summed E-state index contributed by atoms with van der Waals surface area (Å²) in [6, 6.07) is 17.5. The quantitative estimate of drug-likeness (QED) is 0.305. The highest BCUT2D eigenvalue weighted by Crippen LogP contribution is 2.29. The van der Waals surface area contributed by atoms with Gasteiger partial charge in [-0.1, -0.05) is 72.5 Å². The Hall–Kier alpha value is -3.17. The smallest absolute Gasteiger partial charge is 0.261 e. The molecule has 2 aromatic heterocycles. The van der Waals surface area contributed by atoms with Crippen molar-refractivity contribution in [2.45, 2.75) is 17.8 Å². The topological polar surface area (TPSA) is 81.9 Å². The molecule has 1 N–H and O–H groups in total. The maximum Gasteiger partial charge on any atom is 0.261 e. The highest BCUT2D eigenvalue weighted by Gasteiger charge is 2.20. The second-order valence-electron chi connectivity index (χ2n) is 6.57. The molecule has 0 atom stereocenters. The number of benzene rings is 2. The van der Waals surface area contributed by atoms with Crippen LogP contribution in [0.25, 0.3) is 11.3 Å². The van der Waals surface area contributed by atoms with Crippen LogP contribution >= 0.6 is 23.1 Å². The van der Waals surface area contributed by atoms with Gasteiger partial charge in [0, 0.05) is 11.8 Å². The Morgan fingerprint density at radius 2 is 2.00 bits per heavy atom. The summed E-state index contributed by atoms with van der Waals surface area (Å²) >= 11 is 2.95. The van der Waals surface area contributed by atoms with E-state index < -0.39 is 0 Å². The van der Waals surface area contributed by atoms with Crippen LogP contribution in [-0.2, 0) is 6.54 Å². The van der Waals surface area contributed by atoms with Crippen molar-refractivity contribution in [3.63, 3.8) is 0 Å². The fourth-order valence-electron chi connectivity index (χ4n) is 3.03. The molecule has 0 saturated carbocycles. The highest BCUT2D eigenvalue weighted by atomic mass is 32.2. The number of amides is 1. The molecule has 4 rings (SSSR count). The molecular weight excluding hydrogens is 430 g/mol. The minimum Gasteiger partial charge on any atom is -0.497 e. The largest absolute Gasteiger partial charge is 0.497 e. The molecule has 0 bridgehead atoms. The van der Waals surface area contributed by atoms with Gasteiger partial charge in [-0.25, -0.2) is 0 Å². The van der Waals surface area contributed by atoms with Crippen LogP contribution in [0.5, 0.6) is 5.75 Å². The SMILES string of the molecule is CCSc1nnc(NC(=O)c2cn(Cc3ccccc3)nc2-c2cccc(OC)c2)s1. The third-order valence-electron chi connectivity index (χ3n) is 4.43. The number of methoxy groups -OCH3 is 1. The Morgan fingerprint density at radius 3 is 2.77 bits per heavy atom. The lowest BCUT2D eigenvalue weighted by Crippen LogP contribution is -2.12. The van der Waals surface area contributed by atoms with E-state index in [4.69, 9.17) is 9.84 Å². The van der Waals surface area contributed by atoms with Crippen molar-refractivity contribution in [1.29, 1.82) is 0 Å². The molecule has 7 nitrogen and oxygen atoms in total. The number of nitrogens with zero attached hydrogens (tertiary/aromatic N) is 4. The Bertz CT molecular complexity index is 1170. The van der Waals surface area contributed by atoms with Crippen molar-refractivity contribution in [2.75, 3.05) is 18.2 Å². The first kappa shape index (κ1) is 21.1. The summed E-state index contributed by atoms with van der Waals surface area (Å²) < 4.78 is 7.95. The van der Waals surface area contributed by atoms with E-state index in [0.29, 0.717) is 28.7 Å². The zero-order chi connectivity index (χ0) is 21.6. The lowest BCUT2D eigenvalue weighted by atomic mass is 10.1. The van der Waals surface area contributed by atoms with Gasteiger partial charge in [-0.05, 0) is 23.4 Å². The first-order valence-corrected chi connectivity index (χ1v) is 11.5. The van der Waals surface area contributed by atoms with Crippen molar-refractivity contribution in [3.8, 4) is 17.0 Å². The van der Waals surface area contributed by atoms with E-state index in [1.165, 1.54) is 11.3 Å². The van der Waals surface area contributed by atoms with Gasteiger partial charge in [0.1, 0.15) is 11.4 Å². The van der Waals surface area contributed by atoms with Crippen LogP contribution < -0.4 is 10.1 Å². The number of hydrogen-bond acceptors (Lipinski definition) is 7. The molecule has 0 aliphatic carbocycles.